The second-order valence-electron chi connectivity index (χ2n) is 5.00. The molecule has 0 radical (unpaired) electrons. The molecule has 21 heavy (non-hydrogen) atoms. The average molecular weight is 291 g/mol. The highest BCUT2D eigenvalue weighted by molar-refractivity contribution is 5.98. The van der Waals surface area contributed by atoms with E-state index in [1.807, 2.05) is 13.8 Å². The van der Waals surface area contributed by atoms with E-state index in [0.717, 1.165) is 6.42 Å². The summed E-state index contributed by atoms with van der Waals surface area (Å²) in [4.78, 5) is 34.4. The summed E-state index contributed by atoms with van der Waals surface area (Å²) in [5, 5.41) is 5.26. The van der Waals surface area contributed by atoms with Crippen LogP contribution in [0.5, 0.6) is 0 Å². The van der Waals surface area contributed by atoms with Crippen LogP contribution in [-0.2, 0) is 9.59 Å². The first-order chi connectivity index (χ1) is 9.85. The Balaban J connectivity index is 2.78. The number of benzene rings is 1. The number of carbonyl (C=O) groups is 3. The van der Waals surface area contributed by atoms with Crippen LogP contribution in [0.2, 0.25) is 0 Å². The van der Waals surface area contributed by atoms with Crippen LogP contribution in [0.1, 0.15) is 37.6 Å². The Morgan fingerprint density at radius 1 is 1.19 bits per heavy atom. The van der Waals surface area contributed by atoms with Crippen LogP contribution in [0.4, 0.5) is 5.69 Å². The summed E-state index contributed by atoms with van der Waals surface area (Å²) in [6.07, 6.45) is 0.732. The summed E-state index contributed by atoms with van der Waals surface area (Å²) in [5.74, 6) is -1.14. The van der Waals surface area contributed by atoms with Gasteiger partial charge in [-0.3, -0.25) is 14.4 Å². The van der Waals surface area contributed by atoms with Gasteiger partial charge in [-0.05, 0) is 30.2 Å². The normalized spacial score (nSPS) is 13.1. The summed E-state index contributed by atoms with van der Waals surface area (Å²) in [7, 11) is 0. The SMILES string of the molecule is CC[C@H](C)[C@H](NC(=O)c1ccc(NC(C)=O)cc1)C(N)=O. The van der Waals surface area contributed by atoms with Crippen molar-refractivity contribution in [1.82, 2.24) is 5.32 Å². The lowest BCUT2D eigenvalue weighted by atomic mass is 9.98. The van der Waals surface area contributed by atoms with Crippen LogP contribution in [0.25, 0.3) is 0 Å². The second-order valence-corrected chi connectivity index (χ2v) is 5.00. The Morgan fingerprint density at radius 3 is 2.19 bits per heavy atom. The minimum atomic E-state index is -0.697. The van der Waals surface area contributed by atoms with Gasteiger partial charge in [-0.1, -0.05) is 20.3 Å². The molecule has 6 nitrogen and oxygen atoms in total. The number of anilines is 1. The molecule has 0 aliphatic carbocycles. The molecule has 0 aliphatic rings. The van der Waals surface area contributed by atoms with Gasteiger partial charge in [0, 0.05) is 18.2 Å². The third kappa shape index (κ3) is 4.91. The van der Waals surface area contributed by atoms with Crippen molar-refractivity contribution < 1.29 is 14.4 Å². The maximum Gasteiger partial charge on any atom is 0.251 e. The first-order valence-corrected chi connectivity index (χ1v) is 6.83. The van der Waals surface area contributed by atoms with E-state index in [0.29, 0.717) is 11.3 Å². The summed E-state index contributed by atoms with van der Waals surface area (Å²) in [5.41, 5.74) is 6.32. The van der Waals surface area contributed by atoms with E-state index in [4.69, 9.17) is 5.73 Å². The van der Waals surface area contributed by atoms with Crippen LogP contribution in [-0.4, -0.2) is 23.8 Å². The summed E-state index contributed by atoms with van der Waals surface area (Å²) in [6, 6.07) is 5.71. The van der Waals surface area contributed by atoms with Gasteiger partial charge in [-0.2, -0.15) is 0 Å². The largest absolute Gasteiger partial charge is 0.368 e. The Kier molecular flexibility index (Phi) is 5.90. The van der Waals surface area contributed by atoms with Crippen LogP contribution < -0.4 is 16.4 Å². The number of hydrogen-bond acceptors (Lipinski definition) is 3. The molecule has 0 unspecified atom stereocenters. The molecular formula is C15H21N3O3. The summed E-state index contributed by atoms with van der Waals surface area (Å²) >= 11 is 0. The van der Waals surface area contributed by atoms with Crippen LogP contribution in [0, 0.1) is 5.92 Å². The number of primary amides is 1. The smallest absolute Gasteiger partial charge is 0.251 e. The first kappa shape index (κ1) is 16.7. The Bertz CT molecular complexity index is 525. The van der Waals surface area contributed by atoms with Crippen molar-refractivity contribution in [1.29, 1.82) is 0 Å². The van der Waals surface area contributed by atoms with Crippen molar-refractivity contribution in [2.24, 2.45) is 11.7 Å². The number of rotatable bonds is 6. The van der Waals surface area contributed by atoms with Crippen LogP contribution in [0.3, 0.4) is 0 Å². The lowest BCUT2D eigenvalue weighted by Gasteiger charge is -2.21. The van der Waals surface area contributed by atoms with Gasteiger partial charge in [0.2, 0.25) is 11.8 Å². The average Bonchev–Trinajstić information content (AvgIpc) is 2.43. The van der Waals surface area contributed by atoms with Crippen molar-refractivity contribution in [2.45, 2.75) is 33.2 Å². The fourth-order valence-corrected chi connectivity index (χ4v) is 1.86. The number of nitrogens with two attached hydrogens (primary N) is 1. The number of amides is 3. The lowest BCUT2D eigenvalue weighted by Crippen LogP contribution is -2.48. The molecule has 3 amide bonds. The maximum atomic E-state index is 12.1. The highest BCUT2D eigenvalue weighted by Crippen LogP contribution is 2.12. The van der Waals surface area contributed by atoms with Gasteiger partial charge in [0.05, 0.1) is 0 Å². The van der Waals surface area contributed by atoms with Crippen molar-refractivity contribution in [3.8, 4) is 0 Å². The highest BCUT2D eigenvalue weighted by Gasteiger charge is 2.23. The molecule has 2 atom stereocenters. The van der Waals surface area contributed by atoms with E-state index in [1.165, 1.54) is 6.92 Å². The molecule has 114 valence electrons. The van der Waals surface area contributed by atoms with E-state index >= 15 is 0 Å². The molecular weight excluding hydrogens is 270 g/mol. The third-order valence-electron chi connectivity index (χ3n) is 3.27. The Labute approximate surface area is 124 Å². The van der Waals surface area contributed by atoms with Crippen LogP contribution >= 0.6 is 0 Å². The van der Waals surface area contributed by atoms with E-state index in [1.54, 1.807) is 24.3 Å². The summed E-state index contributed by atoms with van der Waals surface area (Å²) in [6.45, 7) is 5.19. The maximum absolute atomic E-state index is 12.1. The molecule has 0 bridgehead atoms. The molecule has 0 fully saturated rings. The molecule has 0 spiro atoms. The monoisotopic (exact) mass is 291 g/mol. The Morgan fingerprint density at radius 2 is 1.76 bits per heavy atom. The van der Waals surface area contributed by atoms with Gasteiger partial charge in [-0.15, -0.1) is 0 Å². The molecule has 1 rings (SSSR count). The van der Waals surface area contributed by atoms with Crippen molar-refractivity contribution in [3.63, 3.8) is 0 Å². The molecule has 0 aromatic heterocycles. The topological polar surface area (TPSA) is 101 Å². The number of nitrogens with one attached hydrogen (secondary N) is 2. The zero-order chi connectivity index (χ0) is 16.0. The second kappa shape index (κ2) is 7.42. The zero-order valence-corrected chi connectivity index (χ0v) is 12.5. The van der Waals surface area contributed by atoms with Crippen LogP contribution in [0.15, 0.2) is 24.3 Å². The Hall–Kier alpha value is -2.37. The van der Waals surface area contributed by atoms with E-state index in [9.17, 15) is 14.4 Å². The quantitative estimate of drug-likeness (QED) is 0.735. The minimum Gasteiger partial charge on any atom is -0.368 e. The van der Waals surface area contributed by atoms with Crippen molar-refractivity contribution in [3.05, 3.63) is 29.8 Å². The zero-order valence-electron chi connectivity index (χ0n) is 12.5. The lowest BCUT2D eigenvalue weighted by molar-refractivity contribution is -0.121. The van der Waals surface area contributed by atoms with E-state index in [2.05, 4.69) is 10.6 Å². The molecule has 0 saturated heterocycles. The van der Waals surface area contributed by atoms with Gasteiger partial charge < -0.3 is 16.4 Å². The predicted octanol–water partition coefficient (Wildman–Crippen LogP) is 1.27. The number of hydrogen-bond donors (Lipinski definition) is 3. The molecule has 0 saturated carbocycles. The minimum absolute atomic E-state index is 0.0369. The number of carbonyl (C=O) groups excluding carboxylic acids is 3. The standard InChI is InChI=1S/C15H21N3O3/c1-4-9(2)13(14(16)20)18-15(21)11-5-7-12(8-6-11)17-10(3)19/h5-9,13H,4H2,1-3H3,(H2,16,20)(H,17,19)(H,18,21)/t9-,13-/m0/s1. The molecule has 0 aliphatic heterocycles. The predicted molar refractivity (Wildman–Crippen MR) is 80.6 cm³/mol. The summed E-state index contributed by atoms with van der Waals surface area (Å²) < 4.78 is 0. The van der Waals surface area contributed by atoms with E-state index < -0.39 is 11.9 Å². The van der Waals surface area contributed by atoms with Crippen molar-refractivity contribution >= 4 is 23.4 Å². The van der Waals surface area contributed by atoms with Gasteiger partial charge in [0.1, 0.15) is 6.04 Å². The van der Waals surface area contributed by atoms with E-state index in [-0.39, 0.29) is 17.7 Å². The van der Waals surface area contributed by atoms with Gasteiger partial charge in [0.15, 0.2) is 0 Å². The van der Waals surface area contributed by atoms with Gasteiger partial charge in [0.25, 0.3) is 5.91 Å². The van der Waals surface area contributed by atoms with Gasteiger partial charge in [-0.25, -0.2) is 0 Å². The third-order valence-corrected chi connectivity index (χ3v) is 3.27. The fourth-order valence-electron chi connectivity index (χ4n) is 1.86. The van der Waals surface area contributed by atoms with Gasteiger partial charge >= 0.3 is 0 Å². The van der Waals surface area contributed by atoms with Crippen molar-refractivity contribution in [2.75, 3.05) is 5.32 Å². The highest BCUT2D eigenvalue weighted by atomic mass is 16.2. The molecule has 6 heteroatoms. The molecule has 1 aromatic carbocycles. The molecule has 4 N–H and O–H groups in total. The first-order valence-electron chi connectivity index (χ1n) is 6.83. The molecule has 0 heterocycles. The molecule has 1 aromatic rings. The fraction of sp³-hybridized carbons (Fsp3) is 0.400.